The molecule has 39 atom stereocenters. The van der Waals surface area contributed by atoms with Crippen LogP contribution in [0.2, 0.25) is 0 Å². The molecule has 7 aliphatic rings. The molecular formula is C56H96N4O39. The molecule has 0 aromatic carbocycles. The quantitative estimate of drug-likeness (QED) is 0.0346. The van der Waals surface area contributed by atoms with Gasteiger partial charge in [0.25, 0.3) is 0 Å². The minimum Gasteiger partial charge on any atom is -0.394 e. The molecule has 7 fully saturated rings. The molecule has 99 heavy (non-hydrogen) atoms. The Labute approximate surface area is 563 Å². The second kappa shape index (κ2) is 36.5. The molecule has 0 saturated carbocycles. The van der Waals surface area contributed by atoms with Gasteiger partial charge in [0.2, 0.25) is 23.6 Å². The lowest BCUT2D eigenvalue weighted by molar-refractivity contribution is -0.395. The summed E-state index contributed by atoms with van der Waals surface area (Å²) < 4.78 is 82.9. The van der Waals surface area contributed by atoms with E-state index in [2.05, 4.69) is 21.3 Å². The highest BCUT2D eigenvalue weighted by molar-refractivity contribution is 5.74. The largest absolute Gasteiger partial charge is 0.394 e. The lowest BCUT2D eigenvalue weighted by atomic mass is 9.94. The number of carbonyl (C=O) groups is 4. The van der Waals surface area contributed by atoms with Gasteiger partial charge in [0.1, 0.15) is 177 Å². The zero-order valence-electron chi connectivity index (χ0n) is 54.2. The first-order valence-electron chi connectivity index (χ1n) is 31.7. The van der Waals surface area contributed by atoms with Crippen molar-refractivity contribution in [1.82, 2.24) is 21.3 Å². The molecule has 0 aromatic rings. The van der Waals surface area contributed by atoms with E-state index in [1.54, 1.807) is 0 Å². The number of hydrogen-bond acceptors (Lipinski definition) is 39. The lowest BCUT2D eigenvalue weighted by Gasteiger charge is -2.51. The molecule has 0 bridgehead atoms. The first kappa shape index (κ1) is 82.8. The Kier molecular flexibility index (Phi) is 30.5. The Morgan fingerprint density at radius 3 is 1.09 bits per heavy atom. The molecule has 0 spiro atoms. The van der Waals surface area contributed by atoms with Crippen LogP contribution in [0.1, 0.15) is 41.5 Å². The molecule has 7 rings (SSSR count). The maximum Gasteiger partial charge on any atom is 0.217 e. The summed E-state index contributed by atoms with van der Waals surface area (Å²) in [7, 11) is 0. The van der Waals surface area contributed by atoms with Crippen molar-refractivity contribution < 1.29 is 193 Å². The molecule has 0 radical (unpaired) electrons. The normalized spacial score (nSPS) is 45.7. The van der Waals surface area contributed by atoms with Crippen molar-refractivity contribution in [2.24, 2.45) is 0 Å². The Hall–Kier alpha value is -3.52. The topological polar surface area (TPSA) is 670 Å². The van der Waals surface area contributed by atoms with Crippen LogP contribution in [0.4, 0.5) is 0 Å². The third-order valence-corrected chi connectivity index (χ3v) is 17.8. The van der Waals surface area contributed by atoms with Crippen LogP contribution in [-0.4, -0.2) is 416 Å². The van der Waals surface area contributed by atoms with Crippen LogP contribution < -0.4 is 21.3 Å². The standard InChI is InChI=1S/C56H96N4O39/c1-14-30(72)38(80)40(82)53(87-14)98-48-42(84)46(95-51-27(58-17(4)68)35(77)33(75)22(8-62)89-51)25(11-65)92-55(48)94-44(20(7-61)57-16(3)67)32(74)21(71)13-86-50-29(60-19(6)70)37(79)45(24(10-64)91-50)97-56-49(99-54-41(83)39(81)31(73)15(2)88-54)43(85)47(26(12-66)93-56)96-52-28(59-18(5)69)36(78)34(76)23(9-63)90-52/h14-15,20-56,61-66,71-85H,7-13H2,1-6H3,(H,57,67)(H,58,68)(H,59,69)(H,60,70)/t14-,15-,20-,21+,22+,23+,24+,25+,26+,27+,28+,29+,30+,31+,32-,33+,34+,35+,36+,37+,38+,39+,40-,41-,42-,43-,44+,45+,46-,47-,48+,49+,50+,51+,52+,53-,54-,55-,56-/m0/s1. The second-order valence-corrected chi connectivity index (χ2v) is 25.1. The van der Waals surface area contributed by atoms with Gasteiger partial charge in [0.15, 0.2) is 44.0 Å². The fraction of sp³-hybridized carbons (Fsp3) is 0.929. The molecule has 7 heterocycles. The average Bonchev–Trinajstić information content (AvgIpc) is 0.775. The van der Waals surface area contributed by atoms with Crippen molar-refractivity contribution in [1.29, 1.82) is 0 Å². The molecule has 43 heteroatoms. The molecule has 4 amide bonds. The Morgan fingerprint density at radius 1 is 0.364 bits per heavy atom. The van der Waals surface area contributed by atoms with Crippen LogP contribution in [0.15, 0.2) is 0 Å². The summed E-state index contributed by atoms with van der Waals surface area (Å²) in [6.07, 6.45) is -68.6. The van der Waals surface area contributed by atoms with Gasteiger partial charge in [-0.25, -0.2) is 0 Å². The van der Waals surface area contributed by atoms with Crippen LogP contribution >= 0.6 is 0 Å². The minimum absolute atomic E-state index is 0.790. The first-order chi connectivity index (χ1) is 46.7. The summed E-state index contributed by atoms with van der Waals surface area (Å²) in [6, 6.07) is -7.02. The Balaban J connectivity index is 1.16. The number of amides is 4. The number of aliphatic hydroxyl groups excluding tert-OH is 21. The summed E-state index contributed by atoms with van der Waals surface area (Å²) in [5, 5.41) is 241. The first-order valence-corrected chi connectivity index (χ1v) is 31.7. The van der Waals surface area contributed by atoms with Gasteiger partial charge in [0, 0.05) is 27.7 Å². The van der Waals surface area contributed by atoms with Crippen LogP contribution in [-0.2, 0) is 85.5 Å². The third kappa shape index (κ3) is 19.1. The number of hydrogen-bond donors (Lipinski definition) is 25. The van der Waals surface area contributed by atoms with Crippen molar-refractivity contribution in [3.8, 4) is 0 Å². The fourth-order valence-corrected chi connectivity index (χ4v) is 12.5. The number of rotatable bonds is 28. The van der Waals surface area contributed by atoms with Gasteiger partial charge in [-0.3, -0.25) is 19.2 Å². The van der Waals surface area contributed by atoms with Crippen LogP contribution in [0.3, 0.4) is 0 Å². The summed E-state index contributed by atoms with van der Waals surface area (Å²) in [4.78, 5) is 50.2. The Morgan fingerprint density at radius 2 is 0.707 bits per heavy atom. The van der Waals surface area contributed by atoms with Crippen molar-refractivity contribution in [3.05, 3.63) is 0 Å². The van der Waals surface area contributed by atoms with Crippen molar-refractivity contribution in [3.63, 3.8) is 0 Å². The van der Waals surface area contributed by atoms with Crippen molar-refractivity contribution >= 4 is 23.6 Å². The van der Waals surface area contributed by atoms with Crippen LogP contribution in [0, 0.1) is 0 Å². The van der Waals surface area contributed by atoms with Gasteiger partial charge in [0.05, 0.1) is 64.5 Å². The molecule has 0 aromatic heterocycles. The van der Waals surface area contributed by atoms with Gasteiger partial charge >= 0.3 is 0 Å². The van der Waals surface area contributed by atoms with E-state index in [4.69, 9.17) is 66.3 Å². The summed E-state index contributed by atoms with van der Waals surface area (Å²) in [5.41, 5.74) is 0. The number of nitrogens with one attached hydrogen (secondary N) is 4. The van der Waals surface area contributed by atoms with Crippen molar-refractivity contribution in [2.75, 3.05) is 46.2 Å². The number of ether oxygens (including phenoxy) is 14. The van der Waals surface area contributed by atoms with E-state index < -0.39 is 309 Å². The van der Waals surface area contributed by atoms with Gasteiger partial charge in [-0.1, -0.05) is 0 Å². The van der Waals surface area contributed by atoms with E-state index in [1.165, 1.54) is 13.8 Å². The highest BCUT2D eigenvalue weighted by Crippen LogP contribution is 2.39. The molecule has 0 unspecified atom stereocenters. The Bertz CT molecular complexity index is 2550. The van der Waals surface area contributed by atoms with Crippen molar-refractivity contribution in [2.45, 2.75) is 281 Å². The number of aliphatic hydroxyl groups is 21. The van der Waals surface area contributed by atoms with E-state index >= 15 is 0 Å². The SMILES string of the molecule is CC(=O)N[C@H]1[C@H](OC[C@@H](O)[C@H](O)[C@H](O[C@@H]2O[C@H](CO)[C@H](O[C@H]3O[C@H](CO)[C@@H](O)[C@H](O)[C@H]3NC(C)=O)[C@H](O)[C@H]2O[C@@H]2O[C@@H](C)[C@@H](O)[C@@H](O)[C@@H]2O)[C@H](CO)NC(C)=O)O[C@H](CO)[C@@H](O[C@@H]2O[C@H](CO)[C@H](O[C@H]3O[C@H](CO)[C@@H](O)[C@H](O)[C@H]3NC(C)=O)[C@H](O)[C@H]2O[C@@H]2O[C@@H](C)[C@@H](O)[C@@H](O)[C@@H]2O)[C@@H]1O. The smallest absolute Gasteiger partial charge is 0.217 e. The average molecular weight is 1450 g/mol. The highest BCUT2D eigenvalue weighted by atomic mass is 16.8. The molecule has 43 nitrogen and oxygen atoms in total. The zero-order chi connectivity index (χ0) is 73.5. The molecule has 7 aliphatic heterocycles. The monoisotopic (exact) mass is 1450 g/mol. The predicted molar refractivity (Wildman–Crippen MR) is 310 cm³/mol. The molecule has 0 aliphatic carbocycles. The van der Waals surface area contributed by atoms with E-state index in [1.807, 2.05) is 0 Å². The van der Waals surface area contributed by atoms with Gasteiger partial charge in [-0.2, -0.15) is 0 Å². The fourth-order valence-electron chi connectivity index (χ4n) is 12.5. The van der Waals surface area contributed by atoms with E-state index in [0.29, 0.717) is 0 Å². The van der Waals surface area contributed by atoms with Gasteiger partial charge in [-0.15, -0.1) is 0 Å². The van der Waals surface area contributed by atoms with E-state index in [0.717, 1.165) is 27.7 Å². The zero-order valence-corrected chi connectivity index (χ0v) is 54.2. The summed E-state index contributed by atoms with van der Waals surface area (Å²) in [6.45, 7) is -1.10. The highest BCUT2D eigenvalue weighted by Gasteiger charge is 2.59. The minimum atomic E-state index is -2.47. The summed E-state index contributed by atoms with van der Waals surface area (Å²) in [5.74, 6) is -3.42. The summed E-state index contributed by atoms with van der Waals surface area (Å²) >= 11 is 0. The maximum atomic E-state index is 12.9. The van der Waals surface area contributed by atoms with Crippen LogP contribution in [0.25, 0.3) is 0 Å². The molecule has 25 N–H and O–H groups in total. The maximum absolute atomic E-state index is 12.9. The van der Waals surface area contributed by atoms with E-state index in [-0.39, 0.29) is 0 Å². The van der Waals surface area contributed by atoms with E-state index in [9.17, 15) is 126 Å². The second-order valence-electron chi connectivity index (χ2n) is 25.1. The van der Waals surface area contributed by atoms with Crippen LogP contribution in [0.5, 0.6) is 0 Å². The van der Waals surface area contributed by atoms with Gasteiger partial charge < -0.3 is 195 Å². The third-order valence-electron chi connectivity index (χ3n) is 17.8. The molecular weight excluding hydrogens is 1350 g/mol. The molecule has 7 saturated heterocycles. The van der Waals surface area contributed by atoms with Gasteiger partial charge in [-0.05, 0) is 13.8 Å². The molecule has 574 valence electrons. The number of carbonyl (C=O) groups excluding carboxylic acids is 4. The lowest BCUT2D eigenvalue weighted by Crippen LogP contribution is -2.70. The predicted octanol–water partition coefficient (Wildman–Crippen LogP) is -16.2.